The van der Waals surface area contributed by atoms with Crippen molar-refractivity contribution in [2.75, 3.05) is 7.11 Å². The Kier molecular flexibility index (Phi) is 4.91. The van der Waals surface area contributed by atoms with Gasteiger partial charge in [0.2, 0.25) is 0 Å². The van der Waals surface area contributed by atoms with Gasteiger partial charge in [-0.2, -0.15) is 0 Å². The predicted octanol–water partition coefficient (Wildman–Crippen LogP) is 4.82. The van der Waals surface area contributed by atoms with E-state index in [4.69, 9.17) is 14.6 Å². The Morgan fingerprint density at radius 3 is 2.66 bits per heavy atom. The number of aromatic amines is 1. The Hall–Kier alpha value is -3.80. The highest BCUT2D eigenvalue weighted by Crippen LogP contribution is 2.33. The summed E-state index contributed by atoms with van der Waals surface area (Å²) in [6, 6.07) is 18.5. The molecular weight excluding hydrogens is 368 g/mol. The molecule has 6 nitrogen and oxygen atoms in total. The first-order valence-corrected chi connectivity index (χ1v) is 9.14. The molecule has 0 bridgehead atoms. The third-order valence-electron chi connectivity index (χ3n) is 4.81. The number of aryl methyl sites for hydroxylation is 1. The average molecular weight is 388 g/mol. The number of aromatic carboxylic acids is 1. The number of ether oxygens (including phenoxy) is 2. The summed E-state index contributed by atoms with van der Waals surface area (Å²) in [5.41, 5.74) is 4.68. The lowest BCUT2D eigenvalue weighted by atomic mass is 10.1. The van der Waals surface area contributed by atoms with Crippen LogP contribution >= 0.6 is 0 Å². The van der Waals surface area contributed by atoms with Gasteiger partial charge in [-0.05, 0) is 54.4 Å². The van der Waals surface area contributed by atoms with E-state index in [2.05, 4.69) is 23.0 Å². The quantitative estimate of drug-likeness (QED) is 0.494. The highest BCUT2D eigenvalue weighted by Gasteiger charge is 2.12. The van der Waals surface area contributed by atoms with E-state index in [1.807, 2.05) is 36.4 Å². The van der Waals surface area contributed by atoms with Crippen molar-refractivity contribution in [1.82, 2.24) is 9.97 Å². The van der Waals surface area contributed by atoms with Crippen molar-refractivity contribution in [3.63, 3.8) is 0 Å². The second kappa shape index (κ2) is 7.67. The number of carboxylic acids is 1. The molecular formula is C23H20N2O4. The number of hydrogen-bond donors (Lipinski definition) is 2. The molecule has 0 radical (unpaired) electrons. The molecule has 29 heavy (non-hydrogen) atoms. The summed E-state index contributed by atoms with van der Waals surface area (Å²) in [7, 11) is 1.59. The number of nitrogens with one attached hydrogen (secondary N) is 1. The smallest absolute Gasteiger partial charge is 0.335 e. The van der Waals surface area contributed by atoms with Gasteiger partial charge in [-0.3, -0.25) is 0 Å². The van der Waals surface area contributed by atoms with Gasteiger partial charge in [0, 0.05) is 5.56 Å². The van der Waals surface area contributed by atoms with Crippen molar-refractivity contribution in [2.24, 2.45) is 0 Å². The van der Waals surface area contributed by atoms with Crippen LogP contribution in [0.2, 0.25) is 0 Å². The van der Waals surface area contributed by atoms with Crippen LogP contribution in [0.25, 0.3) is 22.4 Å². The molecule has 0 atom stereocenters. The zero-order valence-electron chi connectivity index (χ0n) is 16.1. The van der Waals surface area contributed by atoms with E-state index in [-0.39, 0.29) is 5.56 Å². The third kappa shape index (κ3) is 3.78. The zero-order valence-corrected chi connectivity index (χ0v) is 16.1. The van der Waals surface area contributed by atoms with Crippen LogP contribution in [0, 0.1) is 6.92 Å². The molecule has 1 aromatic heterocycles. The van der Waals surface area contributed by atoms with Crippen LogP contribution in [-0.4, -0.2) is 28.2 Å². The molecule has 3 aromatic carbocycles. The van der Waals surface area contributed by atoms with Crippen molar-refractivity contribution in [1.29, 1.82) is 0 Å². The SMILES string of the molecule is COc1cc(-c2nc3ccc(C(=O)O)cc3[nH]2)ccc1OCc1ccccc1C. The van der Waals surface area contributed by atoms with Gasteiger partial charge in [0.05, 0.1) is 23.7 Å². The molecule has 2 N–H and O–H groups in total. The fraction of sp³-hybridized carbons (Fsp3) is 0.130. The number of benzene rings is 3. The van der Waals surface area contributed by atoms with Gasteiger partial charge < -0.3 is 19.6 Å². The van der Waals surface area contributed by atoms with Crippen molar-refractivity contribution in [3.05, 3.63) is 77.4 Å². The van der Waals surface area contributed by atoms with Crippen LogP contribution in [-0.2, 0) is 6.61 Å². The van der Waals surface area contributed by atoms with Crippen LogP contribution in [0.3, 0.4) is 0 Å². The number of aromatic nitrogens is 2. The van der Waals surface area contributed by atoms with Crippen LogP contribution in [0.15, 0.2) is 60.7 Å². The van der Waals surface area contributed by atoms with Gasteiger partial charge in [0.1, 0.15) is 12.4 Å². The lowest BCUT2D eigenvalue weighted by Crippen LogP contribution is -1.99. The first-order chi connectivity index (χ1) is 14.0. The lowest BCUT2D eigenvalue weighted by molar-refractivity contribution is 0.0697. The zero-order chi connectivity index (χ0) is 20.4. The normalized spacial score (nSPS) is 10.8. The molecule has 146 valence electrons. The molecule has 4 aromatic rings. The molecule has 0 fully saturated rings. The summed E-state index contributed by atoms with van der Waals surface area (Å²) in [5, 5.41) is 9.15. The maximum atomic E-state index is 11.2. The monoisotopic (exact) mass is 388 g/mol. The number of carbonyl (C=O) groups is 1. The van der Waals surface area contributed by atoms with Gasteiger partial charge in [0.15, 0.2) is 11.5 Å². The van der Waals surface area contributed by atoms with Crippen molar-refractivity contribution < 1.29 is 19.4 Å². The summed E-state index contributed by atoms with van der Waals surface area (Å²) in [5.74, 6) is 0.901. The topological polar surface area (TPSA) is 84.4 Å². The van der Waals surface area contributed by atoms with Gasteiger partial charge in [-0.25, -0.2) is 9.78 Å². The number of nitrogens with zero attached hydrogens (tertiary/aromatic N) is 1. The van der Waals surface area contributed by atoms with Gasteiger partial charge in [-0.15, -0.1) is 0 Å². The van der Waals surface area contributed by atoms with E-state index < -0.39 is 5.97 Å². The largest absolute Gasteiger partial charge is 0.493 e. The van der Waals surface area contributed by atoms with Crippen LogP contribution in [0.1, 0.15) is 21.5 Å². The minimum absolute atomic E-state index is 0.213. The Morgan fingerprint density at radius 1 is 1.07 bits per heavy atom. The fourth-order valence-electron chi connectivity index (χ4n) is 3.14. The predicted molar refractivity (Wildman–Crippen MR) is 111 cm³/mol. The molecule has 1 heterocycles. The van der Waals surface area contributed by atoms with Crippen molar-refractivity contribution in [2.45, 2.75) is 13.5 Å². The second-order valence-corrected chi connectivity index (χ2v) is 6.70. The number of hydrogen-bond acceptors (Lipinski definition) is 4. The number of fused-ring (bicyclic) bond motifs is 1. The minimum atomic E-state index is -0.972. The summed E-state index contributed by atoms with van der Waals surface area (Å²) in [6.45, 7) is 2.50. The molecule has 0 unspecified atom stereocenters. The first-order valence-electron chi connectivity index (χ1n) is 9.14. The van der Waals surface area contributed by atoms with Crippen LogP contribution in [0.5, 0.6) is 11.5 Å². The molecule has 4 rings (SSSR count). The van der Waals surface area contributed by atoms with Crippen LogP contribution < -0.4 is 9.47 Å². The number of H-pyrrole nitrogens is 1. The van der Waals surface area contributed by atoms with Gasteiger partial charge in [-0.1, -0.05) is 24.3 Å². The average Bonchev–Trinajstić information content (AvgIpc) is 3.16. The number of methoxy groups -OCH3 is 1. The molecule has 0 aliphatic heterocycles. The van der Waals surface area contributed by atoms with Crippen molar-refractivity contribution >= 4 is 17.0 Å². The fourth-order valence-corrected chi connectivity index (χ4v) is 3.14. The van der Waals surface area contributed by atoms with E-state index in [0.29, 0.717) is 35.0 Å². The minimum Gasteiger partial charge on any atom is -0.493 e. The van der Waals surface area contributed by atoms with E-state index in [1.165, 1.54) is 5.56 Å². The first kappa shape index (κ1) is 18.6. The standard InChI is InChI=1S/C23H20N2O4/c1-14-5-3-4-6-17(14)13-29-20-10-8-15(12-21(20)28-2)22-24-18-9-7-16(23(26)27)11-19(18)25-22/h3-12H,13H2,1-2H3,(H,24,25)(H,26,27). The summed E-state index contributed by atoms with van der Waals surface area (Å²) >= 11 is 0. The molecule has 0 saturated carbocycles. The molecule has 0 amide bonds. The molecule has 0 aliphatic carbocycles. The summed E-state index contributed by atoms with van der Waals surface area (Å²) in [4.78, 5) is 18.9. The Labute approximate surface area is 167 Å². The lowest BCUT2D eigenvalue weighted by Gasteiger charge is -2.13. The Morgan fingerprint density at radius 2 is 1.90 bits per heavy atom. The van der Waals surface area contributed by atoms with Crippen LogP contribution in [0.4, 0.5) is 0 Å². The maximum absolute atomic E-state index is 11.2. The maximum Gasteiger partial charge on any atom is 0.335 e. The molecule has 0 aliphatic rings. The molecule has 0 saturated heterocycles. The second-order valence-electron chi connectivity index (χ2n) is 6.70. The number of carboxylic acid groups (broad SMARTS) is 1. The molecule has 6 heteroatoms. The highest BCUT2D eigenvalue weighted by molar-refractivity contribution is 5.93. The van der Waals surface area contributed by atoms with E-state index in [9.17, 15) is 4.79 Å². The Balaban J connectivity index is 1.61. The third-order valence-corrected chi connectivity index (χ3v) is 4.81. The summed E-state index contributed by atoms with van der Waals surface area (Å²) < 4.78 is 11.5. The number of rotatable bonds is 6. The van der Waals surface area contributed by atoms with Gasteiger partial charge >= 0.3 is 5.97 Å². The number of imidazole rings is 1. The van der Waals surface area contributed by atoms with E-state index in [0.717, 1.165) is 11.1 Å². The Bertz CT molecular complexity index is 1200. The highest BCUT2D eigenvalue weighted by atomic mass is 16.5. The molecule has 0 spiro atoms. The van der Waals surface area contributed by atoms with Crippen molar-refractivity contribution in [3.8, 4) is 22.9 Å². The summed E-state index contributed by atoms with van der Waals surface area (Å²) in [6.07, 6.45) is 0. The van der Waals surface area contributed by atoms with E-state index in [1.54, 1.807) is 25.3 Å². The van der Waals surface area contributed by atoms with Gasteiger partial charge in [0.25, 0.3) is 0 Å². The van der Waals surface area contributed by atoms with E-state index >= 15 is 0 Å².